The highest BCUT2D eigenvalue weighted by atomic mass is 16.4. The van der Waals surface area contributed by atoms with Gasteiger partial charge in [-0.3, -0.25) is 9.69 Å². The van der Waals surface area contributed by atoms with E-state index in [2.05, 4.69) is 49.4 Å². The van der Waals surface area contributed by atoms with Gasteiger partial charge in [0.2, 0.25) is 0 Å². The number of carbonyl (C=O) groups is 1. The first-order chi connectivity index (χ1) is 11.7. The number of aliphatic carboxylic acids is 1. The highest BCUT2D eigenvalue weighted by Gasteiger charge is 2.13. The smallest absolute Gasteiger partial charge is 0.317 e. The normalized spacial score (nSPS) is 11.4. The van der Waals surface area contributed by atoms with E-state index in [0.29, 0.717) is 6.54 Å². The van der Waals surface area contributed by atoms with Crippen molar-refractivity contribution in [2.24, 2.45) is 0 Å². The Morgan fingerprint density at radius 1 is 1.00 bits per heavy atom. The summed E-state index contributed by atoms with van der Waals surface area (Å²) in [4.78, 5) is 13.2. The monoisotopic (exact) mass is 321 g/mol. The quantitative estimate of drug-likeness (QED) is 0.642. The first kappa shape index (κ1) is 16.5. The van der Waals surface area contributed by atoms with Gasteiger partial charge in [0.25, 0.3) is 0 Å². The molecule has 0 radical (unpaired) electrons. The number of rotatable bonds is 7. The molecule has 0 aliphatic carbocycles. The summed E-state index contributed by atoms with van der Waals surface area (Å²) in [5.74, 6) is -0.767. The highest BCUT2D eigenvalue weighted by molar-refractivity contribution is 6.08. The molecule has 0 aliphatic heterocycles. The van der Waals surface area contributed by atoms with Crippen LogP contribution in [0.15, 0.2) is 54.6 Å². The van der Waals surface area contributed by atoms with Crippen molar-refractivity contribution in [1.29, 1.82) is 0 Å². The lowest BCUT2D eigenvalue weighted by molar-refractivity contribution is -0.138. The third-order valence-electron chi connectivity index (χ3n) is 4.43. The number of fused-ring (bicyclic) bond motifs is 3. The maximum Gasteiger partial charge on any atom is 0.317 e. The molecule has 0 unspecified atom stereocenters. The molecule has 3 rings (SSSR count). The number of hydrogen-bond acceptors (Lipinski definition) is 2. The first-order valence-corrected chi connectivity index (χ1v) is 8.52. The molecule has 0 heterocycles. The van der Waals surface area contributed by atoms with E-state index >= 15 is 0 Å². The fourth-order valence-corrected chi connectivity index (χ4v) is 3.29. The minimum atomic E-state index is -0.767. The summed E-state index contributed by atoms with van der Waals surface area (Å²) in [7, 11) is 0. The van der Waals surface area contributed by atoms with Crippen LogP contribution in [0.25, 0.3) is 21.5 Å². The summed E-state index contributed by atoms with van der Waals surface area (Å²) in [6, 6.07) is 19.0. The van der Waals surface area contributed by atoms with E-state index in [0.717, 1.165) is 19.4 Å². The van der Waals surface area contributed by atoms with E-state index in [4.69, 9.17) is 0 Å². The van der Waals surface area contributed by atoms with Crippen LogP contribution in [0, 0.1) is 0 Å². The summed E-state index contributed by atoms with van der Waals surface area (Å²) in [6.07, 6.45) is 2.08. The molecule has 0 aliphatic rings. The van der Waals surface area contributed by atoms with Gasteiger partial charge in [-0.05, 0) is 46.1 Å². The van der Waals surface area contributed by atoms with E-state index in [1.54, 1.807) is 0 Å². The molecule has 3 aromatic carbocycles. The van der Waals surface area contributed by atoms with Crippen LogP contribution in [-0.2, 0) is 11.3 Å². The lowest BCUT2D eigenvalue weighted by Crippen LogP contribution is -2.30. The minimum absolute atomic E-state index is 0.0845. The highest BCUT2D eigenvalue weighted by Crippen LogP contribution is 2.29. The van der Waals surface area contributed by atoms with Gasteiger partial charge in [0.15, 0.2) is 0 Å². The van der Waals surface area contributed by atoms with Gasteiger partial charge in [0.05, 0.1) is 6.54 Å². The van der Waals surface area contributed by atoms with Crippen molar-refractivity contribution in [2.75, 3.05) is 13.1 Å². The summed E-state index contributed by atoms with van der Waals surface area (Å²) < 4.78 is 0. The Balaban J connectivity index is 2.04. The third kappa shape index (κ3) is 3.57. The molecule has 0 bridgehead atoms. The van der Waals surface area contributed by atoms with Crippen molar-refractivity contribution >= 4 is 27.5 Å². The van der Waals surface area contributed by atoms with Crippen LogP contribution in [-0.4, -0.2) is 29.1 Å². The Labute approximate surface area is 142 Å². The molecule has 0 atom stereocenters. The predicted molar refractivity (Wildman–Crippen MR) is 99.3 cm³/mol. The lowest BCUT2D eigenvalue weighted by Gasteiger charge is -2.21. The second-order valence-electron chi connectivity index (χ2n) is 6.26. The topological polar surface area (TPSA) is 40.5 Å². The van der Waals surface area contributed by atoms with Crippen LogP contribution in [0.4, 0.5) is 0 Å². The second kappa shape index (κ2) is 7.45. The molecule has 124 valence electrons. The zero-order valence-corrected chi connectivity index (χ0v) is 14.0. The van der Waals surface area contributed by atoms with Crippen LogP contribution >= 0.6 is 0 Å². The molecule has 1 N–H and O–H groups in total. The van der Waals surface area contributed by atoms with E-state index in [-0.39, 0.29) is 6.54 Å². The van der Waals surface area contributed by atoms with Crippen molar-refractivity contribution < 1.29 is 9.90 Å². The average Bonchev–Trinajstić information content (AvgIpc) is 2.59. The predicted octanol–water partition coefficient (Wildman–Crippen LogP) is 4.68. The fourth-order valence-electron chi connectivity index (χ4n) is 3.29. The number of unbranched alkanes of at least 4 members (excludes halogenated alkanes) is 1. The van der Waals surface area contributed by atoms with Gasteiger partial charge in [-0.25, -0.2) is 0 Å². The van der Waals surface area contributed by atoms with E-state index in [1.165, 1.54) is 27.1 Å². The van der Waals surface area contributed by atoms with Crippen molar-refractivity contribution in [3.63, 3.8) is 0 Å². The number of carboxylic acid groups (broad SMARTS) is 1. The molecule has 0 fully saturated rings. The SMILES string of the molecule is CCCCN(CC(=O)O)Cc1cc2ccccc2c2ccccc12. The maximum atomic E-state index is 11.2. The minimum Gasteiger partial charge on any atom is -0.480 e. The van der Waals surface area contributed by atoms with Crippen molar-refractivity contribution in [3.05, 3.63) is 60.2 Å². The number of nitrogens with zero attached hydrogens (tertiary/aromatic N) is 1. The average molecular weight is 321 g/mol. The van der Waals surface area contributed by atoms with Crippen LogP contribution in [0.3, 0.4) is 0 Å². The third-order valence-corrected chi connectivity index (χ3v) is 4.43. The molecule has 3 nitrogen and oxygen atoms in total. The van der Waals surface area contributed by atoms with Gasteiger partial charge in [-0.2, -0.15) is 0 Å². The molecule has 24 heavy (non-hydrogen) atoms. The molecule has 0 amide bonds. The largest absolute Gasteiger partial charge is 0.480 e. The van der Waals surface area contributed by atoms with Crippen LogP contribution < -0.4 is 0 Å². The lowest BCUT2D eigenvalue weighted by atomic mass is 9.97. The van der Waals surface area contributed by atoms with E-state index in [9.17, 15) is 9.90 Å². The van der Waals surface area contributed by atoms with Gasteiger partial charge < -0.3 is 5.11 Å². The van der Waals surface area contributed by atoms with E-state index < -0.39 is 5.97 Å². The molecule has 3 aromatic rings. The second-order valence-corrected chi connectivity index (χ2v) is 6.26. The summed E-state index contributed by atoms with van der Waals surface area (Å²) in [5, 5.41) is 14.1. The molecule has 0 aromatic heterocycles. The summed E-state index contributed by atoms with van der Waals surface area (Å²) >= 11 is 0. The van der Waals surface area contributed by atoms with Crippen molar-refractivity contribution in [2.45, 2.75) is 26.3 Å². The number of carboxylic acids is 1. The Kier molecular flexibility index (Phi) is 5.11. The first-order valence-electron chi connectivity index (χ1n) is 8.52. The maximum absolute atomic E-state index is 11.2. The van der Waals surface area contributed by atoms with Gasteiger partial charge in [0, 0.05) is 6.54 Å². The van der Waals surface area contributed by atoms with Crippen LogP contribution in [0.2, 0.25) is 0 Å². The Hall–Kier alpha value is -2.39. The van der Waals surface area contributed by atoms with Gasteiger partial charge in [0.1, 0.15) is 0 Å². The molecule has 0 spiro atoms. The van der Waals surface area contributed by atoms with Crippen LogP contribution in [0.5, 0.6) is 0 Å². The summed E-state index contributed by atoms with van der Waals surface area (Å²) in [5.41, 5.74) is 1.20. The zero-order chi connectivity index (χ0) is 16.9. The van der Waals surface area contributed by atoms with Crippen molar-refractivity contribution in [3.8, 4) is 0 Å². The van der Waals surface area contributed by atoms with Gasteiger partial charge in [-0.15, -0.1) is 0 Å². The number of hydrogen-bond donors (Lipinski definition) is 1. The standard InChI is InChI=1S/C21H23NO2/c1-2-3-12-22(15-21(23)24)14-17-13-16-8-4-5-9-18(16)20-11-7-6-10-19(17)20/h4-11,13H,2-3,12,14-15H2,1H3,(H,23,24). The zero-order valence-electron chi connectivity index (χ0n) is 14.0. The van der Waals surface area contributed by atoms with Gasteiger partial charge in [-0.1, -0.05) is 61.9 Å². The molecular weight excluding hydrogens is 298 g/mol. The number of benzene rings is 3. The molecule has 0 saturated carbocycles. The molecule has 0 saturated heterocycles. The van der Waals surface area contributed by atoms with E-state index in [1.807, 2.05) is 17.0 Å². The Bertz CT molecular complexity index is 857. The summed E-state index contributed by atoms with van der Waals surface area (Å²) in [6.45, 7) is 3.69. The van der Waals surface area contributed by atoms with Crippen molar-refractivity contribution in [1.82, 2.24) is 4.90 Å². The molecule has 3 heteroatoms. The van der Waals surface area contributed by atoms with Crippen LogP contribution in [0.1, 0.15) is 25.3 Å². The Morgan fingerprint density at radius 3 is 2.38 bits per heavy atom. The Morgan fingerprint density at radius 2 is 1.67 bits per heavy atom. The van der Waals surface area contributed by atoms with Gasteiger partial charge >= 0.3 is 5.97 Å². The molecular formula is C21H23NO2. The fraction of sp³-hybridized carbons (Fsp3) is 0.286.